The first-order chi connectivity index (χ1) is 12.0. The number of aliphatic hydroxyl groups excluding tert-OH is 1. The molecule has 2 aromatic rings. The van der Waals surface area contributed by atoms with E-state index in [-0.39, 0.29) is 6.03 Å². The highest BCUT2D eigenvalue weighted by molar-refractivity contribution is 5.74. The fraction of sp³-hybridized carbons (Fsp3) is 0.368. The average Bonchev–Trinajstić information content (AvgIpc) is 2.90. The zero-order valence-electron chi connectivity index (χ0n) is 14.7. The smallest absolute Gasteiger partial charge is 0.315 e. The molecular weight excluding hydrogens is 318 g/mol. The lowest BCUT2D eigenvalue weighted by Gasteiger charge is -2.19. The molecule has 2 atom stereocenters. The standard InChI is InChI=1S/C19H23N3O3/c1-11-9-20-15(12(2)18(11)25-3)10-21-19(24)22-17-14-7-5-4-6-13(14)8-16(17)23/h4-7,9,16-17,23H,8,10H2,1-3H3,(H2,21,22,24)/t16-,17+/m1/s1. The Morgan fingerprint density at radius 1 is 1.36 bits per heavy atom. The third-order valence-corrected chi connectivity index (χ3v) is 4.66. The zero-order valence-corrected chi connectivity index (χ0v) is 14.7. The van der Waals surface area contributed by atoms with Crippen LogP contribution in [0.5, 0.6) is 5.75 Å². The van der Waals surface area contributed by atoms with Crippen molar-refractivity contribution < 1.29 is 14.6 Å². The molecule has 6 nitrogen and oxygen atoms in total. The number of nitrogens with zero attached hydrogens (tertiary/aromatic N) is 1. The van der Waals surface area contributed by atoms with Crippen molar-refractivity contribution in [2.24, 2.45) is 0 Å². The number of aryl methyl sites for hydroxylation is 1. The molecule has 1 heterocycles. The summed E-state index contributed by atoms with van der Waals surface area (Å²) in [7, 11) is 1.62. The lowest BCUT2D eigenvalue weighted by molar-refractivity contribution is 0.142. The summed E-state index contributed by atoms with van der Waals surface area (Å²) >= 11 is 0. The third-order valence-electron chi connectivity index (χ3n) is 4.66. The Labute approximate surface area is 147 Å². The molecule has 3 rings (SSSR count). The Morgan fingerprint density at radius 2 is 2.12 bits per heavy atom. The summed E-state index contributed by atoms with van der Waals surface area (Å²) in [5, 5.41) is 15.9. The first kappa shape index (κ1) is 17.2. The minimum absolute atomic E-state index is 0.290. The fourth-order valence-electron chi connectivity index (χ4n) is 3.35. The van der Waals surface area contributed by atoms with Gasteiger partial charge in [0.15, 0.2) is 0 Å². The molecule has 0 spiro atoms. The van der Waals surface area contributed by atoms with E-state index in [1.165, 1.54) is 0 Å². The number of carbonyl (C=O) groups excluding carboxylic acids is 1. The van der Waals surface area contributed by atoms with Crippen molar-refractivity contribution in [2.75, 3.05) is 7.11 Å². The van der Waals surface area contributed by atoms with Crippen LogP contribution in [-0.2, 0) is 13.0 Å². The summed E-state index contributed by atoms with van der Waals surface area (Å²) in [5.74, 6) is 0.785. The van der Waals surface area contributed by atoms with Crippen LogP contribution in [0.25, 0.3) is 0 Å². The molecule has 0 unspecified atom stereocenters. The predicted octanol–water partition coefficient (Wildman–Crippen LogP) is 2.16. The van der Waals surface area contributed by atoms with E-state index in [2.05, 4.69) is 15.6 Å². The largest absolute Gasteiger partial charge is 0.496 e. The molecule has 25 heavy (non-hydrogen) atoms. The molecular formula is C19H23N3O3. The molecule has 0 fully saturated rings. The number of hydrogen-bond acceptors (Lipinski definition) is 4. The molecule has 0 radical (unpaired) electrons. The Balaban J connectivity index is 1.65. The van der Waals surface area contributed by atoms with Gasteiger partial charge in [-0.05, 0) is 25.0 Å². The second-order valence-corrected chi connectivity index (χ2v) is 6.32. The van der Waals surface area contributed by atoms with Gasteiger partial charge >= 0.3 is 6.03 Å². The van der Waals surface area contributed by atoms with Gasteiger partial charge in [-0.2, -0.15) is 0 Å². The van der Waals surface area contributed by atoms with Crippen molar-refractivity contribution >= 4 is 6.03 Å². The SMILES string of the molecule is COc1c(C)cnc(CNC(=O)N[C@H]2c3ccccc3C[C@H]2O)c1C. The van der Waals surface area contributed by atoms with Gasteiger partial charge in [-0.25, -0.2) is 4.79 Å². The van der Waals surface area contributed by atoms with Crippen LogP contribution >= 0.6 is 0 Å². The number of hydrogen-bond donors (Lipinski definition) is 3. The second-order valence-electron chi connectivity index (χ2n) is 6.32. The number of benzene rings is 1. The van der Waals surface area contributed by atoms with Gasteiger partial charge < -0.3 is 20.5 Å². The number of rotatable bonds is 4. The number of urea groups is 1. The fourth-order valence-corrected chi connectivity index (χ4v) is 3.35. The van der Waals surface area contributed by atoms with Crippen molar-refractivity contribution in [3.63, 3.8) is 0 Å². The van der Waals surface area contributed by atoms with Crippen molar-refractivity contribution in [2.45, 2.75) is 39.0 Å². The van der Waals surface area contributed by atoms with Crippen molar-refractivity contribution in [1.82, 2.24) is 15.6 Å². The maximum Gasteiger partial charge on any atom is 0.315 e. The number of amides is 2. The number of nitrogens with one attached hydrogen (secondary N) is 2. The van der Waals surface area contributed by atoms with E-state index >= 15 is 0 Å². The molecule has 0 saturated heterocycles. The summed E-state index contributed by atoms with van der Waals surface area (Å²) in [6.45, 7) is 4.14. The minimum Gasteiger partial charge on any atom is -0.496 e. The first-order valence-corrected chi connectivity index (χ1v) is 8.30. The van der Waals surface area contributed by atoms with E-state index in [9.17, 15) is 9.90 Å². The molecule has 1 aliphatic rings. The number of aromatic nitrogens is 1. The van der Waals surface area contributed by atoms with Crippen LogP contribution in [0.15, 0.2) is 30.5 Å². The number of pyridine rings is 1. The maximum atomic E-state index is 12.3. The Morgan fingerprint density at radius 3 is 2.88 bits per heavy atom. The quantitative estimate of drug-likeness (QED) is 0.796. The minimum atomic E-state index is -0.609. The number of fused-ring (bicyclic) bond motifs is 1. The van der Waals surface area contributed by atoms with Gasteiger partial charge in [-0.3, -0.25) is 4.98 Å². The van der Waals surface area contributed by atoms with Crippen molar-refractivity contribution in [3.8, 4) is 5.75 Å². The lowest BCUT2D eigenvalue weighted by atomic mass is 10.1. The molecule has 132 valence electrons. The Kier molecular flexibility index (Phi) is 4.90. The van der Waals surface area contributed by atoms with E-state index in [4.69, 9.17) is 4.74 Å². The number of ether oxygens (including phenoxy) is 1. The molecule has 0 aliphatic heterocycles. The Hall–Kier alpha value is -2.60. The Bertz CT molecular complexity index is 791. The van der Waals surface area contributed by atoms with E-state index in [0.29, 0.717) is 13.0 Å². The highest BCUT2D eigenvalue weighted by Crippen LogP contribution is 2.31. The molecule has 1 aromatic carbocycles. The first-order valence-electron chi connectivity index (χ1n) is 8.30. The highest BCUT2D eigenvalue weighted by Gasteiger charge is 2.31. The van der Waals surface area contributed by atoms with Crippen LogP contribution in [-0.4, -0.2) is 29.3 Å². The molecule has 1 aromatic heterocycles. The van der Waals surface area contributed by atoms with Crippen LogP contribution in [0, 0.1) is 13.8 Å². The molecule has 0 bridgehead atoms. The highest BCUT2D eigenvalue weighted by atomic mass is 16.5. The third kappa shape index (κ3) is 3.44. The van der Waals surface area contributed by atoms with Crippen LogP contribution in [0.1, 0.15) is 34.0 Å². The molecule has 6 heteroatoms. The molecule has 3 N–H and O–H groups in total. The molecule has 2 amide bonds. The van der Waals surface area contributed by atoms with Crippen molar-refractivity contribution in [1.29, 1.82) is 0 Å². The summed E-state index contributed by atoms with van der Waals surface area (Å²) in [6, 6.07) is 7.04. The predicted molar refractivity (Wildman–Crippen MR) is 94.5 cm³/mol. The summed E-state index contributed by atoms with van der Waals surface area (Å²) in [6.07, 6.45) is 1.68. The van der Waals surface area contributed by atoms with Gasteiger partial charge in [0.1, 0.15) is 5.75 Å². The van der Waals surface area contributed by atoms with Gasteiger partial charge in [0, 0.05) is 23.7 Å². The molecule has 1 aliphatic carbocycles. The second kappa shape index (κ2) is 7.11. The van der Waals surface area contributed by atoms with Gasteiger partial charge in [-0.15, -0.1) is 0 Å². The van der Waals surface area contributed by atoms with Crippen LogP contribution in [0.4, 0.5) is 4.79 Å². The van der Waals surface area contributed by atoms with Gasteiger partial charge in [0.2, 0.25) is 0 Å². The number of carbonyl (C=O) groups is 1. The van der Waals surface area contributed by atoms with Crippen LogP contribution < -0.4 is 15.4 Å². The normalized spacial score (nSPS) is 18.6. The monoisotopic (exact) mass is 341 g/mol. The number of aliphatic hydroxyl groups is 1. The van der Waals surface area contributed by atoms with Gasteiger partial charge in [-0.1, -0.05) is 24.3 Å². The average molecular weight is 341 g/mol. The van der Waals surface area contributed by atoms with E-state index in [0.717, 1.165) is 33.7 Å². The topological polar surface area (TPSA) is 83.5 Å². The van der Waals surface area contributed by atoms with E-state index in [1.807, 2.05) is 38.1 Å². The maximum absolute atomic E-state index is 12.3. The van der Waals surface area contributed by atoms with E-state index in [1.54, 1.807) is 13.3 Å². The zero-order chi connectivity index (χ0) is 18.0. The summed E-state index contributed by atoms with van der Waals surface area (Å²) < 4.78 is 5.38. The van der Waals surface area contributed by atoms with Crippen molar-refractivity contribution in [3.05, 3.63) is 58.4 Å². The lowest BCUT2D eigenvalue weighted by Crippen LogP contribution is -2.40. The summed E-state index contributed by atoms with van der Waals surface area (Å²) in [5.41, 5.74) is 4.66. The van der Waals surface area contributed by atoms with E-state index < -0.39 is 12.1 Å². The van der Waals surface area contributed by atoms with Crippen LogP contribution in [0.3, 0.4) is 0 Å². The van der Waals surface area contributed by atoms with Gasteiger partial charge in [0.05, 0.1) is 31.5 Å². The number of methoxy groups -OCH3 is 1. The van der Waals surface area contributed by atoms with Crippen LogP contribution in [0.2, 0.25) is 0 Å². The van der Waals surface area contributed by atoms with Gasteiger partial charge in [0.25, 0.3) is 0 Å². The summed E-state index contributed by atoms with van der Waals surface area (Å²) in [4.78, 5) is 16.6. The molecule has 0 saturated carbocycles.